The molecular weight excluding hydrogens is 763 g/mol. The minimum Gasteiger partial charge on any atom is -0.456 e. The fourth-order valence-electron chi connectivity index (χ4n) is 9.61. The van der Waals surface area contributed by atoms with E-state index >= 15 is 0 Å². The van der Waals surface area contributed by atoms with Gasteiger partial charge in [-0.25, -0.2) is 0 Å². The van der Waals surface area contributed by atoms with Crippen molar-refractivity contribution >= 4 is 27.8 Å². The van der Waals surface area contributed by atoms with E-state index in [1.165, 1.54) is 55.6 Å². The Labute approximate surface area is 370 Å². The van der Waals surface area contributed by atoms with Gasteiger partial charge in [-0.05, 0) is 91.9 Å². The minimum atomic E-state index is -0.214. The number of nitrogens with zero attached hydrogens (tertiary/aromatic N) is 1. The van der Waals surface area contributed by atoms with E-state index in [0.717, 1.165) is 50.5 Å². The van der Waals surface area contributed by atoms with Crippen molar-refractivity contribution in [1.82, 2.24) is 0 Å². The fraction of sp³-hybridized carbons (Fsp3) is 0.0492. The van der Waals surface area contributed by atoms with E-state index in [4.69, 9.17) is 4.74 Å². The third-order valence-electron chi connectivity index (χ3n) is 12.8. The van der Waals surface area contributed by atoms with Gasteiger partial charge in [0, 0.05) is 38.9 Å². The summed E-state index contributed by atoms with van der Waals surface area (Å²) in [5.41, 5.74) is 17.3. The van der Waals surface area contributed by atoms with Crippen molar-refractivity contribution < 1.29 is 4.74 Å². The van der Waals surface area contributed by atoms with Crippen LogP contribution in [0.2, 0.25) is 0 Å². The Morgan fingerprint density at radius 1 is 0.317 bits per heavy atom. The first-order chi connectivity index (χ1) is 31.0. The summed E-state index contributed by atoms with van der Waals surface area (Å²) in [5.74, 6) is 1.84. The third kappa shape index (κ3) is 6.77. The van der Waals surface area contributed by atoms with Crippen LogP contribution in [0.4, 0.5) is 17.1 Å². The Hall–Kier alpha value is -7.94. The maximum atomic E-state index is 6.82. The average Bonchev–Trinajstić information content (AvgIpc) is 3.35. The Balaban J connectivity index is 1.06. The highest BCUT2D eigenvalue weighted by atomic mass is 16.5. The lowest BCUT2D eigenvalue weighted by atomic mass is 9.74. The molecule has 1 heterocycles. The molecule has 0 N–H and O–H groups in total. The van der Waals surface area contributed by atoms with E-state index in [2.05, 4.69) is 255 Å². The van der Waals surface area contributed by atoms with Crippen LogP contribution in [0, 0.1) is 0 Å². The topological polar surface area (TPSA) is 12.5 Å². The molecule has 0 aliphatic carbocycles. The van der Waals surface area contributed by atoms with Crippen molar-refractivity contribution in [3.05, 3.63) is 248 Å². The number of para-hydroxylation sites is 2. The first-order valence-corrected chi connectivity index (χ1v) is 21.8. The number of hydrogen-bond donors (Lipinski definition) is 0. The van der Waals surface area contributed by atoms with E-state index in [1.807, 2.05) is 0 Å². The second-order valence-corrected chi connectivity index (χ2v) is 16.8. The van der Waals surface area contributed by atoms with Crippen LogP contribution in [0.3, 0.4) is 0 Å². The highest BCUT2D eigenvalue weighted by Gasteiger charge is 2.35. The summed E-state index contributed by atoms with van der Waals surface area (Å²) in [4.78, 5) is 2.40. The summed E-state index contributed by atoms with van der Waals surface area (Å²) in [6, 6.07) is 85.2. The largest absolute Gasteiger partial charge is 0.456 e. The van der Waals surface area contributed by atoms with Gasteiger partial charge in [0.25, 0.3) is 0 Å². The molecule has 2 heteroatoms. The second-order valence-electron chi connectivity index (χ2n) is 16.8. The molecule has 0 radical (unpaired) electrons. The number of fused-ring (bicyclic) bond motifs is 3. The molecule has 1 aliphatic rings. The number of hydrogen-bond acceptors (Lipinski definition) is 2. The summed E-state index contributed by atoms with van der Waals surface area (Å²) in [6.07, 6.45) is 0. The highest BCUT2D eigenvalue weighted by molar-refractivity contribution is 6.07. The van der Waals surface area contributed by atoms with Crippen molar-refractivity contribution in [2.45, 2.75) is 19.3 Å². The highest BCUT2D eigenvalue weighted by Crippen LogP contribution is 2.53. The average molecular weight is 808 g/mol. The molecule has 0 amide bonds. The SMILES string of the molecule is CC1(C)c2ccccc2Oc2c(-c3ccc(N(c4ccc(-c5ccccc5-c5ccccc5)cc4)c4ccc(-c5ccccc5-c5ccccc5)cc4)c4ccccc34)cccc21. The molecule has 10 aromatic rings. The van der Waals surface area contributed by atoms with E-state index in [1.54, 1.807) is 0 Å². The molecule has 2 nitrogen and oxygen atoms in total. The van der Waals surface area contributed by atoms with E-state index in [0.29, 0.717) is 0 Å². The van der Waals surface area contributed by atoms with Crippen molar-refractivity contribution in [1.29, 1.82) is 0 Å². The number of rotatable bonds is 8. The Kier molecular flexibility index (Phi) is 9.55. The maximum Gasteiger partial charge on any atom is 0.139 e. The number of benzene rings is 10. The quantitative estimate of drug-likeness (QED) is 0.152. The molecule has 0 spiro atoms. The normalized spacial score (nSPS) is 12.5. The van der Waals surface area contributed by atoms with Crippen LogP contribution in [0.15, 0.2) is 237 Å². The molecule has 0 saturated heterocycles. The van der Waals surface area contributed by atoms with Gasteiger partial charge in [-0.2, -0.15) is 0 Å². The van der Waals surface area contributed by atoms with Gasteiger partial charge in [-0.1, -0.05) is 214 Å². The van der Waals surface area contributed by atoms with Crippen molar-refractivity contribution in [2.24, 2.45) is 0 Å². The molecule has 1 aliphatic heterocycles. The zero-order valence-electron chi connectivity index (χ0n) is 35.4. The molecule has 0 unspecified atom stereocenters. The predicted molar refractivity (Wildman–Crippen MR) is 264 cm³/mol. The van der Waals surface area contributed by atoms with Crippen LogP contribution < -0.4 is 9.64 Å². The summed E-state index contributed by atoms with van der Waals surface area (Å²) in [7, 11) is 0. The van der Waals surface area contributed by atoms with Gasteiger partial charge in [0.1, 0.15) is 11.5 Å². The summed E-state index contributed by atoms with van der Waals surface area (Å²) in [5, 5.41) is 2.32. The molecule has 0 saturated carbocycles. The predicted octanol–water partition coefficient (Wildman–Crippen LogP) is 17.1. The Morgan fingerprint density at radius 3 is 1.30 bits per heavy atom. The lowest BCUT2D eigenvalue weighted by Crippen LogP contribution is -2.24. The van der Waals surface area contributed by atoms with Gasteiger partial charge in [0.05, 0.1) is 5.69 Å². The molecular formula is C61H45NO. The Morgan fingerprint density at radius 2 is 0.746 bits per heavy atom. The monoisotopic (exact) mass is 807 g/mol. The van der Waals surface area contributed by atoms with Gasteiger partial charge in [-0.15, -0.1) is 0 Å². The summed E-state index contributed by atoms with van der Waals surface area (Å²) in [6.45, 7) is 4.60. The number of ether oxygens (including phenoxy) is 1. The van der Waals surface area contributed by atoms with Gasteiger partial charge in [-0.3, -0.25) is 0 Å². The molecule has 0 bridgehead atoms. The van der Waals surface area contributed by atoms with E-state index < -0.39 is 0 Å². The van der Waals surface area contributed by atoms with Crippen LogP contribution in [-0.4, -0.2) is 0 Å². The van der Waals surface area contributed by atoms with Crippen LogP contribution in [0.25, 0.3) is 66.4 Å². The second kappa shape index (κ2) is 15.8. The minimum absolute atomic E-state index is 0.214. The molecule has 0 aromatic heterocycles. The first kappa shape index (κ1) is 38.0. The lowest BCUT2D eigenvalue weighted by molar-refractivity contribution is 0.419. The lowest BCUT2D eigenvalue weighted by Gasteiger charge is -2.35. The number of anilines is 3. The van der Waals surface area contributed by atoms with Crippen LogP contribution in [0.5, 0.6) is 11.5 Å². The molecule has 0 fully saturated rings. The van der Waals surface area contributed by atoms with Crippen LogP contribution in [-0.2, 0) is 5.41 Å². The van der Waals surface area contributed by atoms with Crippen LogP contribution in [0.1, 0.15) is 25.0 Å². The van der Waals surface area contributed by atoms with Gasteiger partial charge in [0.2, 0.25) is 0 Å². The smallest absolute Gasteiger partial charge is 0.139 e. The molecule has 0 atom stereocenters. The van der Waals surface area contributed by atoms with Crippen molar-refractivity contribution in [2.75, 3.05) is 4.90 Å². The molecule has 11 rings (SSSR count). The molecule has 10 aromatic carbocycles. The maximum absolute atomic E-state index is 6.82. The van der Waals surface area contributed by atoms with Gasteiger partial charge >= 0.3 is 0 Å². The zero-order valence-corrected chi connectivity index (χ0v) is 35.4. The Bertz CT molecular complexity index is 3130. The van der Waals surface area contributed by atoms with Crippen molar-refractivity contribution in [3.8, 4) is 67.1 Å². The van der Waals surface area contributed by atoms with E-state index in [9.17, 15) is 0 Å². The van der Waals surface area contributed by atoms with Gasteiger partial charge in [0.15, 0.2) is 0 Å². The van der Waals surface area contributed by atoms with E-state index in [-0.39, 0.29) is 5.41 Å². The fourth-order valence-corrected chi connectivity index (χ4v) is 9.61. The molecule has 300 valence electrons. The van der Waals surface area contributed by atoms with Crippen LogP contribution >= 0.6 is 0 Å². The van der Waals surface area contributed by atoms with Gasteiger partial charge < -0.3 is 9.64 Å². The summed E-state index contributed by atoms with van der Waals surface area (Å²) >= 11 is 0. The standard InChI is InChI=1S/C61H45NO/c1-61(2)56-29-15-16-31-59(56)63-60-55(28-17-30-57(60)61)53-40-41-58(54-27-14-13-26-52(53)54)62(46-36-32-44(33-37-46)50-24-11-9-22-48(50)42-18-5-3-6-19-42)47-38-34-45(35-39-47)51-25-12-10-23-49(51)43-20-7-4-8-21-43/h3-41H,1-2H3. The molecule has 63 heavy (non-hydrogen) atoms. The third-order valence-corrected chi connectivity index (χ3v) is 12.8. The first-order valence-electron chi connectivity index (χ1n) is 21.8. The summed E-state index contributed by atoms with van der Waals surface area (Å²) < 4.78 is 6.82. The van der Waals surface area contributed by atoms with Crippen molar-refractivity contribution in [3.63, 3.8) is 0 Å². The zero-order chi connectivity index (χ0) is 42.3.